The number of nitrogens with one attached hydrogen (secondary N) is 1. The maximum absolute atomic E-state index is 11.4. The topological polar surface area (TPSA) is 46.2 Å². The van der Waals surface area contributed by atoms with Crippen molar-refractivity contribution < 1.29 is 8.42 Å². The predicted molar refractivity (Wildman–Crippen MR) is 59.1 cm³/mol. The number of hydrogen-bond donors (Lipinski definition) is 1. The fourth-order valence-corrected chi connectivity index (χ4v) is 3.47. The molecule has 1 saturated carbocycles. The van der Waals surface area contributed by atoms with Crippen LogP contribution in [0.1, 0.15) is 32.6 Å². The Morgan fingerprint density at radius 2 is 1.86 bits per heavy atom. The Hall–Kier alpha value is 0.200. The van der Waals surface area contributed by atoms with Crippen molar-refractivity contribution in [2.24, 2.45) is 5.92 Å². The van der Waals surface area contributed by atoms with Crippen LogP contribution < -0.4 is 4.72 Å². The first-order chi connectivity index (χ1) is 6.53. The molecule has 1 aliphatic rings. The summed E-state index contributed by atoms with van der Waals surface area (Å²) in [7, 11) is -3.13. The van der Waals surface area contributed by atoms with E-state index in [4.69, 9.17) is 11.6 Å². The highest BCUT2D eigenvalue weighted by Gasteiger charge is 2.22. The third kappa shape index (κ3) is 4.15. The molecule has 0 aromatic carbocycles. The second kappa shape index (κ2) is 5.33. The lowest BCUT2D eigenvalue weighted by molar-refractivity contribution is 0.332. The Balaban J connectivity index is 2.37. The number of halogens is 1. The summed E-state index contributed by atoms with van der Waals surface area (Å²) in [5, 5.41) is 0. The van der Waals surface area contributed by atoms with Crippen LogP contribution in [0.2, 0.25) is 0 Å². The zero-order valence-electron chi connectivity index (χ0n) is 8.50. The number of alkyl halides is 1. The van der Waals surface area contributed by atoms with Gasteiger partial charge < -0.3 is 0 Å². The zero-order chi connectivity index (χ0) is 10.6. The van der Waals surface area contributed by atoms with Gasteiger partial charge in [0.2, 0.25) is 10.0 Å². The molecule has 14 heavy (non-hydrogen) atoms. The average Bonchev–Trinajstić information content (AvgIpc) is 2.08. The van der Waals surface area contributed by atoms with Crippen LogP contribution in [0.5, 0.6) is 0 Å². The van der Waals surface area contributed by atoms with Gasteiger partial charge in [-0.3, -0.25) is 0 Å². The molecular weight excluding hydrogens is 222 g/mol. The van der Waals surface area contributed by atoms with Crippen LogP contribution in [0.3, 0.4) is 0 Å². The third-order valence-electron chi connectivity index (χ3n) is 2.71. The van der Waals surface area contributed by atoms with Crippen LogP contribution in [0.4, 0.5) is 0 Å². The summed E-state index contributed by atoms with van der Waals surface area (Å²) in [6.45, 7) is 2.21. The van der Waals surface area contributed by atoms with E-state index in [1.165, 1.54) is 0 Å². The lowest BCUT2D eigenvalue weighted by Crippen LogP contribution is -2.38. The number of rotatable bonds is 4. The monoisotopic (exact) mass is 239 g/mol. The van der Waals surface area contributed by atoms with Crippen molar-refractivity contribution in [3.05, 3.63) is 0 Å². The van der Waals surface area contributed by atoms with E-state index >= 15 is 0 Å². The summed E-state index contributed by atoms with van der Waals surface area (Å²) in [6, 6.07) is 0.138. The number of hydrogen-bond acceptors (Lipinski definition) is 2. The molecule has 0 unspecified atom stereocenters. The van der Waals surface area contributed by atoms with Gasteiger partial charge in [-0.25, -0.2) is 13.1 Å². The summed E-state index contributed by atoms with van der Waals surface area (Å²) >= 11 is 5.41. The molecule has 0 saturated heterocycles. The first-order valence-electron chi connectivity index (χ1n) is 5.09. The van der Waals surface area contributed by atoms with E-state index in [-0.39, 0.29) is 17.7 Å². The molecule has 0 spiro atoms. The van der Waals surface area contributed by atoms with Gasteiger partial charge in [-0.15, -0.1) is 11.6 Å². The van der Waals surface area contributed by atoms with Gasteiger partial charge in [-0.05, 0) is 31.6 Å². The maximum atomic E-state index is 11.4. The molecule has 3 nitrogen and oxygen atoms in total. The van der Waals surface area contributed by atoms with Gasteiger partial charge in [-0.1, -0.05) is 6.92 Å². The molecule has 0 atom stereocenters. The van der Waals surface area contributed by atoms with Gasteiger partial charge in [0.1, 0.15) is 0 Å². The van der Waals surface area contributed by atoms with Crippen molar-refractivity contribution >= 4 is 21.6 Å². The molecule has 0 heterocycles. The molecule has 0 aromatic heterocycles. The molecule has 0 aliphatic heterocycles. The first kappa shape index (κ1) is 12.3. The summed E-state index contributed by atoms with van der Waals surface area (Å²) < 4.78 is 25.5. The molecule has 1 fully saturated rings. The largest absolute Gasteiger partial charge is 0.213 e. The predicted octanol–water partition coefficient (Wildman–Crippen LogP) is 1.72. The molecule has 0 radical (unpaired) electrons. The summed E-state index contributed by atoms with van der Waals surface area (Å²) in [5.41, 5.74) is 0. The normalized spacial score (nSPS) is 29.0. The van der Waals surface area contributed by atoms with E-state index in [9.17, 15) is 8.42 Å². The van der Waals surface area contributed by atoms with Gasteiger partial charge in [0.15, 0.2) is 0 Å². The van der Waals surface area contributed by atoms with Gasteiger partial charge in [0.05, 0.1) is 5.75 Å². The van der Waals surface area contributed by atoms with Crippen LogP contribution in [-0.2, 0) is 10.0 Å². The minimum absolute atomic E-state index is 0.0284. The third-order valence-corrected chi connectivity index (χ3v) is 4.56. The minimum atomic E-state index is -3.13. The van der Waals surface area contributed by atoms with Crippen molar-refractivity contribution in [1.82, 2.24) is 4.72 Å². The molecule has 1 aliphatic carbocycles. The van der Waals surface area contributed by atoms with E-state index in [1.807, 2.05) is 0 Å². The fourth-order valence-electron chi connectivity index (χ4n) is 1.79. The summed E-state index contributed by atoms with van der Waals surface area (Å²) in [4.78, 5) is 0. The van der Waals surface area contributed by atoms with E-state index in [1.54, 1.807) is 0 Å². The van der Waals surface area contributed by atoms with Gasteiger partial charge in [0.25, 0.3) is 0 Å². The van der Waals surface area contributed by atoms with Crippen molar-refractivity contribution in [2.75, 3.05) is 11.6 Å². The van der Waals surface area contributed by atoms with E-state index < -0.39 is 10.0 Å². The quantitative estimate of drug-likeness (QED) is 0.760. The standard InChI is InChI=1S/C9H18ClNO2S/c1-8-2-4-9(5-3-8)11-14(12,13)7-6-10/h8-9,11H,2-7H2,1H3. The maximum Gasteiger partial charge on any atom is 0.213 e. The Morgan fingerprint density at radius 3 is 2.36 bits per heavy atom. The van der Waals surface area contributed by atoms with E-state index in [2.05, 4.69) is 11.6 Å². The average molecular weight is 240 g/mol. The van der Waals surface area contributed by atoms with Crippen molar-refractivity contribution in [1.29, 1.82) is 0 Å². The Bertz CT molecular complexity index is 258. The van der Waals surface area contributed by atoms with Crippen LogP contribution >= 0.6 is 11.6 Å². The molecular formula is C9H18ClNO2S. The second-order valence-electron chi connectivity index (χ2n) is 4.08. The van der Waals surface area contributed by atoms with Gasteiger partial charge in [0, 0.05) is 11.9 Å². The lowest BCUT2D eigenvalue weighted by atomic mass is 9.88. The SMILES string of the molecule is CC1CCC(NS(=O)(=O)CCCl)CC1. The Morgan fingerprint density at radius 1 is 1.29 bits per heavy atom. The Kier molecular flexibility index (Phi) is 4.67. The zero-order valence-corrected chi connectivity index (χ0v) is 10.1. The van der Waals surface area contributed by atoms with E-state index in [0.717, 1.165) is 31.6 Å². The summed E-state index contributed by atoms with van der Waals surface area (Å²) in [6.07, 6.45) is 4.16. The van der Waals surface area contributed by atoms with Crippen molar-refractivity contribution in [3.8, 4) is 0 Å². The smallest absolute Gasteiger partial charge is 0.212 e. The highest BCUT2D eigenvalue weighted by Crippen LogP contribution is 2.23. The molecule has 1 N–H and O–H groups in total. The molecule has 5 heteroatoms. The highest BCUT2D eigenvalue weighted by molar-refractivity contribution is 7.89. The van der Waals surface area contributed by atoms with Crippen LogP contribution in [0.15, 0.2) is 0 Å². The minimum Gasteiger partial charge on any atom is -0.212 e. The number of sulfonamides is 1. The van der Waals surface area contributed by atoms with Crippen LogP contribution in [0, 0.1) is 5.92 Å². The Labute approximate surface area is 91.3 Å². The van der Waals surface area contributed by atoms with Crippen molar-refractivity contribution in [2.45, 2.75) is 38.6 Å². The van der Waals surface area contributed by atoms with Gasteiger partial charge in [-0.2, -0.15) is 0 Å². The van der Waals surface area contributed by atoms with Crippen molar-refractivity contribution in [3.63, 3.8) is 0 Å². The van der Waals surface area contributed by atoms with E-state index in [0.29, 0.717) is 0 Å². The molecule has 0 amide bonds. The molecule has 0 bridgehead atoms. The second-order valence-corrected chi connectivity index (χ2v) is 6.33. The van der Waals surface area contributed by atoms with Crippen LogP contribution in [0.25, 0.3) is 0 Å². The summed E-state index contributed by atoms with van der Waals surface area (Å²) in [5.74, 6) is 0.933. The molecule has 0 aromatic rings. The first-order valence-corrected chi connectivity index (χ1v) is 7.28. The molecule has 84 valence electrons. The lowest BCUT2D eigenvalue weighted by Gasteiger charge is -2.26. The highest BCUT2D eigenvalue weighted by atomic mass is 35.5. The van der Waals surface area contributed by atoms with Crippen LogP contribution in [-0.4, -0.2) is 26.1 Å². The fraction of sp³-hybridized carbons (Fsp3) is 1.00. The molecule has 1 rings (SSSR count). The van der Waals surface area contributed by atoms with Gasteiger partial charge >= 0.3 is 0 Å².